The van der Waals surface area contributed by atoms with E-state index in [2.05, 4.69) is 22.8 Å². The summed E-state index contributed by atoms with van der Waals surface area (Å²) in [4.78, 5) is 34.9. The maximum atomic E-state index is 13.1. The van der Waals surface area contributed by atoms with E-state index in [0.717, 1.165) is 36.3 Å². The van der Waals surface area contributed by atoms with Gasteiger partial charge in [0.2, 0.25) is 5.91 Å². The molecule has 2 aliphatic rings. The van der Waals surface area contributed by atoms with E-state index in [1.807, 2.05) is 23.1 Å². The quantitative estimate of drug-likeness (QED) is 0.581. The second-order valence-electron chi connectivity index (χ2n) is 8.61. The largest absolute Gasteiger partial charge is 0.339 e. The van der Waals surface area contributed by atoms with Crippen molar-refractivity contribution in [1.29, 1.82) is 0 Å². The van der Waals surface area contributed by atoms with Gasteiger partial charge in [0.15, 0.2) is 0 Å². The topological polar surface area (TPSA) is 47.1 Å². The van der Waals surface area contributed by atoms with Crippen LogP contribution in [-0.2, 0) is 4.79 Å². The van der Waals surface area contributed by atoms with Gasteiger partial charge in [-0.3, -0.25) is 14.5 Å². The third-order valence-electron chi connectivity index (χ3n) is 6.46. The molecule has 2 aromatic rings. The van der Waals surface area contributed by atoms with Crippen molar-refractivity contribution in [2.45, 2.75) is 18.9 Å². The van der Waals surface area contributed by atoms with E-state index in [1.54, 1.807) is 6.07 Å². The predicted octanol–water partition coefficient (Wildman–Crippen LogP) is 3.29. The summed E-state index contributed by atoms with van der Waals surface area (Å²) in [6, 6.07) is 8.00. The lowest BCUT2D eigenvalue weighted by molar-refractivity contribution is -0.134. The van der Waals surface area contributed by atoms with Gasteiger partial charge in [-0.2, -0.15) is 0 Å². The number of likely N-dealkylation sites (tertiary alicyclic amines) is 1. The highest BCUT2D eigenvalue weighted by Crippen LogP contribution is 2.29. The lowest BCUT2D eigenvalue weighted by atomic mass is 10.0. The van der Waals surface area contributed by atoms with E-state index in [0.29, 0.717) is 29.0 Å². The normalized spacial score (nSPS) is 18.0. The molecule has 1 aromatic heterocycles. The van der Waals surface area contributed by atoms with Crippen molar-refractivity contribution in [2.75, 3.05) is 59.4 Å². The Morgan fingerprint density at radius 3 is 2.52 bits per heavy atom. The Bertz CT molecular complexity index is 1020. The minimum absolute atomic E-state index is 0. The van der Waals surface area contributed by atoms with Crippen molar-refractivity contribution in [2.24, 2.45) is 0 Å². The first-order valence-corrected chi connectivity index (χ1v) is 12.3. The zero-order valence-corrected chi connectivity index (χ0v) is 21.2. The Kier molecular flexibility index (Phi) is 9.02. The monoisotopic (exact) mass is 508 g/mol. The summed E-state index contributed by atoms with van der Waals surface area (Å²) in [5.74, 6) is 2.28. The number of piperidine rings is 1. The van der Waals surface area contributed by atoms with Crippen LogP contribution in [0.3, 0.4) is 0 Å². The molecule has 9 heteroatoms. The van der Waals surface area contributed by atoms with Gasteiger partial charge in [0.05, 0.1) is 11.4 Å². The number of hydrogen-bond donors (Lipinski definition) is 0. The number of hydrogen-bond acceptors (Lipinski definition) is 5. The predicted molar refractivity (Wildman–Crippen MR) is 137 cm³/mol. The number of terminal acetylenes is 1. The fourth-order valence-corrected chi connectivity index (χ4v) is 5.84. The number of rotatable bonds is 5. The van der Waals surface area contributed by atoms with Crippen LogP contribution in [0.25, 0.3) is 10.1 Å². The average molecular weight is 510 g/mol. The van der Waals surface area contributed by atoms with E-state index >= 15 is 0 Å². The summed E-state index contributed by atoms with van der Waals surface area (Å²) in [7, 11) is 2.17. The molecule has 178 valence electrons. The maximum absolute atomic E-state index is 13.1. The summed E-state index contributed by atoms with van der Waals surface area (Å²) in [6.45, 7) is 5.56. The Morgan fingerprint density at radius 2 is 1.85 bits per heavy atom. The zero-order valence-electron chi connectivity index (χ0n) is 18.8. The maximum Gasteiger partial charge on any atom is 0.265 e. The number of piperazine rings is 1. The average Bonchev–Trinajstić information content (AvgIpc) is 3.22. The molecule has 0 unspecified atom stereocenters. The molecule has 0 bridgehead atoms. The molecule has 0 radical (unpaired) electrons. The van der Waals surface area contributed by atoms with Gasteiger partial charge in [0.25, 0.3) is 5.91 Å². The highest BCUT2D eigenvalue weighted by atomic mass is 35.5. The standard InChI is InChI=1S/C24H29ClN4O2S.ClH/c1-3-8-29(24(31)22-15-18-4-5-19(25)16-21(18)32-22)17-23(30)28-13-11-27(12-14-28)20-6-9-26(2)10-7-20;/h1,4-5,15-16,20H,6-14,17H2,2H3;1H. The van der Waals surface area contributed by atoms with Gasteiger partial charge in [0, 0.05) is 41.9 Å². The third-order valence-corrected chi connectivity index (χ3v) is 7.78. The van der Waals surface area contributed by atoms with Gasteiger partial charge in [-0.25, -0.2) is 0 Å². The van der Waals surface area contributed by atoms with Gasteiger partial charge in [-0.1, -0.05) is 23.6 Å². The van der Waals surface area contributed by atoms with Gasteiger partial charge < -0.3 is 14.7 Å². The van der Waals surface area contributed by atoms with Crippen LogP contribution in [0.4, 0.5) is 0 Å². The summed E-state index contributed by atoms with van der Waals surface area (Å²) in [5.41, 5.74) is 0. The lowest BCUT2D eigenvalue weighted by Gasteiger charge is -2.42. The fraction of sp³-hybridized carbons (Fsp3) is 0.500. The van der Waals surface area contributed by atoms with E-state index in [9.17, 15) is 9.59 Å². The first-order chi connectivity index (χ1) is 15.4. The molecule has 1 aromatic carbocycles. The van der Waals surface area contributed by atoms with Gasteiger partial charge in [0.1, 0.15) is 6.54 Å². The molecule has 2 saturated heterocycles. The number of nitrogens with zero attached hydrogens (tertiary/aromatic N) is 4. The van der Waals surface area contributed by atoms with Gasteiger partial charge in [-0.05, 0) is 56.6 Å². The second kappa shape index (κ2) is 11.5. The zero-order chi connectivity index (χ0) is 22.7. The molecule has 33 heavy (non-hydrogen) atoms. The number of carbonyl (C=O) groups excluding carboxylic acids is 2. The van der Waals surface area contributed by atoms with Crippen LogP contribution < -0.4 is 0 Å². The van der Waals surface area contributed by atoms with Crippen molar-refractivity contribution >= 4 is 57.2 Å². The van der Waals surface area contributed by atoms with Gasteiger partial charge in [-0.15, -0.1) is 30.2 Å². The molecule has 0 atom stereocenters. The van der Waals surface area contributed by atoms with Crippen LogP contribution in [0.1, 0.15) is 22.5 Å². The molecule has 4 rings (SSSR count). The van der Waals surface area contributed by atoms with E-state index in [1.165, 1.54) is 29.1 Å². The van der Waals surface area contributed by atoms with Crippen molar-refractivity contribution in [3.05, 3.63) is 34.2 Å². The Labute approximate surface area is 210 Å². The van der Waals surface area contributed by atoms with Crippen LogP contribution >= 0.6 is 35.3 Å². The molecule has 0 aliphatic carbocycles. The van der Waals surface area contributed by atoms with Crippen LogP contribution in [0.15, 0.2) is 24.3 Å². The van der Waals surface area contributed by atoms with Crippen LogP contribution in [-0.4, -0.2) is 96.9 Å². The first kappa shape index (κ1) is 25.8. The molecule has 0 N–H and O–H groups in total. The highest BCUT2D eigenvalue weighted by molar-refractivity contribution is 7.20. The summed E-state index contributed by atoms with van der Waals surface area (Å²) in [6.07, 6.45) is 7.89. The molecular formula is C24H30Cl2N4O2S. The van der Waals surface area contributed by atoms with E-state index < -0.39 is 0 Å². The Morgan fingerprint density at radius 1 is 1.15 bits per heavy atom. The van der Waals surface area contributed by atoms with Crippen molar-refractivity contribution in [1.82, 2.24) is 19.6 Å². The molecule has 3 heterocycles. The number of fused-ring (bicyclic) bond motifs is 1. The van der Waals surface area contributed by atoms with Crippen molar-refractivity contribution < 1.29 is 9.59 Å². The third kappa shape index (κ3) is 6.20. The second-order valence-corrected chi connectivity index (χ2v) is 10.1. The molecule has 2 aliphatic heterocycles. The number of benzene rings is 1. The molecule has 0 saturated carbocycles. The minimum Gasteiger partial charge on any atom is -0.339 e. The molecule has 6 nitrogen and oxygen atoms in total. The number of halogens is 2. The van der Waals surface area contributed by atoms with Crippen LogP contribution in [0, 0.1) is 12.3 Å². The van der Waals surface area contributed by atoms with Crippen LogP contribution in [0.5, 0.6) is 0 Å². The Hall–Kier alpha value is -1.82. The van der Waals surface area contributed by atoms with E-state index in [4.69, 9.17) is 18.0 Å². The summed E-state index contributed by atoms with van der Waals surface area (Å²) in [5, 5.41) is 1.59. The minimum atomic E-state index is -0.210. The number of amides is 2. The van der Waals surface area contributed by atoms with Crippen molar-refractivity contribution in [3.8, 4) is 12.3 Å². The molecule has 2 amide bonds. The lowest BCUT2D eigenvalue weighted by Crippen LogP contribution is -2.55. The van der Waals surface area contributed by atoms with Crippen LogP contribution in [0.2, 0.25) is 5.02 Å². The summed E-state index contributed by atoms with van der Waals surface area (Å²) >= 11 is 7.44. The highest BCUT2D eigenvalue weighted by Gasteiger charge is 2.29. The SMILES string of the molecule is C#CCN(CC(=O)N1CCN(C2CCN(C)CC2)CC1)C(=O)c1cc2ccc(Cl)cc2s1.Cl. The molecule has 0 spiro atoms. The van der Waals surface area contributed by atoms with Crippen molar-refractivity contribution in [3.63, 3.8) is 0 Å². The fourth-order valence-electron chi connectivity index (χ4n) is 4.54. The van der Waals surface area contributed by atoms with Gasteiger partial charge >= 0.3 is 0 Å². The smallest absolute Gasteiger partial charge is 0.265 e. The number of carbonyl (C=O) groups is 2. The summed E-state index contributed by atoms with van der Waals surface area (Å²) < 4.78 is 0.942. The first-order valence-electron chi connectivity index (χ1n) is 11.1. The molecule has 2 fully saturated rings. The van der Waals surface area contributed by atoms with E-state index in [-0.39, 0.29) is 37.3 Å². The number of thiophene rings is 1. The Balaban J connectivity index is 0.00000306. The molecular weight excluding hydrogens is 479 g/mol.